The lowest BCUT2D eigenvalue weighted by Gasteiger charge is -2.37. The predicted octanol–water partition coefficient (Wildman–Crippen LogP) is 3.77. The minimum Gasteiger partial charge on any atom is -0.393 e. The Balaban J connectivity index is 1.62. The van der Waals surface area contributed by atoms with Gasteiger partial charge in [-0.05, 0) is 55.1 Å². The van der Waals surface area contributed by atoms with Gasteiger partial charge in [0.1, 0.15) is 0 Å². The number of likely N-dealkylation sites (tertiary alicyclic amines) is 1. The topological polar surface area (TPSA) is 35.5 Å². The molecule has 1 aliphatic heterocycles. The van der Waals surface area contributed by atoms with Crippen molar-refractivity contribution in [3.05, 3.63) is 48.0 Å². The third-order valence-corrected chi connectivity index (χ3v) is 6.64. The van der Waals surface area contributed by atoms with Crippen molar-refractivity contribution in [3.63, 3.8) is 0 Å². The fourth-order valence-electron chi connectivity index (χ4n) is 5.05. The summed E-state index contributed by atoms with van der Waals surface area (Å²) in [5.74, 6) is 0.809. The molecule has 1 saturated heterocycles. The maximum Gasteiger partial charge on any atom is 0.0574 e. The van der Waals surface area contributed by atoms with E-state index in [1.54, 1.807) is 0 Å². The first-order chi connectivity index (χ1) is 12.7. The summed E-state index contributed by atoms with van der Waals surface area (Å²) >= 11 is 0. The molecule has 0 radical (unpaired) electrons. The molecule has 4 atom stereocenters. The van der Waals surface area contributed by atoms with Crippen LogP contribution in [0.25, 0.3) is 10.8 Å². The zero-order valence-corrected chi connectivity index (χ0v) is 15.9. The van der Waals surface area contributed by atoms with Gasteiger partial charge in [0.25, 0.3) is 0 Å². The van der Waals surface area contributed by atoms with E-state index in [-0.39, 0.29) is 6.10 Å². The molecule has 0 amide bonds. The number of hydrogen-bond acceptors (Lipinski definition) is 3. The van der Waals surface area contributed by atoms with Gasteiger partial charge in [0.05, 0.1) is 6.10 Å². The monoisotopic (exact) mass is 352 g/mol. The molecule has 0 bridgehead atoms. The Kier molecular flexibility index (Phi) is 5.58. The number of nitrogens with one attached hydrogen (secondary N) is 1. The minimum absolute atomic E-state index is 0.150. The van der Waals surface area contributed by atoms with Crippen molar-refractivity contribution in [3.8, 4) is 0 Å². The first-order valence-corrected chi connectivity index (χ1v) is 10.3. The molecule has 1 aliphatic carbocycles. The van der Waals surface area contributed by atoms with E-state index in [1.807, 2.05) is 0 Å². The van der Waals surface area contributed by atoms with Crippen LogP contribution in [0, 0.1) is 5.92 Å². The van der Waals surface area contributed by atoms with Crippen molar-refractivity contribution in [1.29, 1.82) is 0 Å². The normalized spacial score (nSPS) is 28.5. The van der Waals surface area contributed by atoms with Crippen LogP contribution in [-0.4, -0.2) is 48.8 Å². The largest absolute Gasteiger partial charge is 0.393 e. The standard InChI is InChI=1S/C23H32N2O/c1-24-20-12-13-25(15-20)16-22(21-8-4-5-9-23(21)26)19-11-10-17-6-2-3-7-18(17)14-19/h2-3,6-7,10-11,14,20-24,26H,4-5,8-9,12-13,15-16H2,1H3. The fourth-order valence-corrected chi connectivity index (χ4v) is 5.05. The molecule has 3 heteroatoms. The number of likely N-dealkylation sites (N-methyl/N-ethyl adjacent to an activating group) is 1. The van der Waals surface area contributed by atoms with Crippen molar-refractivity contribution in [2.24, 2.45) is 5.92 Å². The molecule has 3 nitrogen and oxygen atoms in total. The average molecular weight is 353 g/mol. The summed E-state index contributed by atoms with van der Waals surface area (Å²) in [6.07, 6.45) is 5.63. The van der Waals surface area contributed by atoms with Crippen LogP contribution in [0.1, 0.15) is 43.6 Å². The molecular formula is C23H32N2O. The van der Waals surface area contributed by atoms with Crippen LogP contribution < -0.4 is 5.32 Å². The number of benzene rings is 2. The Morgan fingerprint density at radius 2 is 1.88 bits per heavy atom. The predicted molar refractivity (Wildman–Crippen MR) is 109 cm³/mol. The highest BCUT2D eigenvalue weighted by molar-refractivity contribution is 5.83. The van der Waals surface area contributed by atoms with Crippen LogP contribution in [0.3, 0.4) is 0 Å². The lowest BCUT2D eigenvalue weighted by Crippen LogP contribution is -2.38. The highest BCUT2D eigenvalue weighted by Crippen LogP contribution is 2.38. The highest BCUT2D eigenvalue weighted by atomic mass is 16.3. The Labute approximate surface area is 157 Å². The molecule has 0 aromatic heterocycles. The molecule has 1 heterocycles. The van der Waals surface area contributed by atoms with Gasteiger partial charge in [-0.15, -0.1) is 0 Å². The lowest BCUT2D eigenvalue weighted by atomic mass is 9.74. The SMILES string of the molecule is CNC1CCN(CC(c2ccc3ccccc3c2)C2CCCCC2O)C1. The van der Waals surface area contributed by atoms with Gasteiger partial charge in [0, 0.05) is 25.0 Å². The summed E-state index contributed by atoms with van der Waals surface area (Å²) in [7, 11) is 2.07. The smallest absolute Gasteiger partial charge is 0.0574 e. The molecule has 2 fully saturated rings. The summed E-state index contributed by atoms with van der Waals surface area (Å²) in [6, 6.07) is 16.2. The average Bonchev–Trinajstić information content (AvgIpc) is 3.14. The van der Waals surface area contributed by atoms with E-state index in [0.29, 0.717) is 17.9 Å². The number of rotatable bonds is 5. The van der Waals surface area contributed by atoms with Crippen molar-refractivity contribution in [2.75, 3.05) is 26.7 Å². The van der Waals surface area contributed by atoms with Gasteiger partial charge in [-0.1, -0.05) is 55.3 Å². The summed E-state index contributed by atoms with van der Waals surface area (Å²) in [5, 5.41) is 16.8. The number of fused-ring (bicyclic) bond motifs is 1. The molecule has 4 rings (SSSR count). The Morgan fingerprint density at radius 3 is 2.65 bits per heavy atom. The molecule has 2 N–H and O–H groups in total. The van der Waals surface area contributed by atoms with Gasteiger partial charge in [0.15, 0.2) is 0 Å². The molecule has 2 aromatic carbocycles. The van der Waals surface area contributed by atoms with Crippen LogP contribution in [-0.2, 0) is 0 Å². The van der Waals surface area contributed by atoms with E-state index < -0.39 is 0 Å². The summed E-state index contributed by atoms with van der Waals surface area (Å²) in [5.41, 5.74) is 1.41. The third kappa shape index (κ3) is 3.80. The number of aliphatic hydroxyl groups is 1. The van der Waals surface area contributed by atoms with Crippen LogP contribution in [0.5, 0.6) is 0 Å². The summed E-state index contributed by atoms with van der Waals surface area (Å²) in [4.78, 5) is 2.60. The van der Waals surface area contributed by atoms with Gasteiger partial charge >= 0.3 is 0 Å². The first kappa shape index (κ1) is 18.0. The third-order valence-electron chi connectivity index (χ3n) is 6.64. The number of aliphatic hydroxyl groups excluding tert-OH is 1. The molecule has 2 aliphatic rings. The van der Waals surface area contributed by atoms with Crippen molar-refractivity contribution in [1.82, 2.24) is 10.2 Å². The molecule has 140 valence electrons. The number of nitrogens with zero attached hydrogens (tertiary/aromatic N) is 1. The van der Waals surface area contributed by atoms with Crippen LogP contribution in [0.2, 0.25) is 0 Å². The maximum absolute atomic E-state index is 10.8. The summed E-state index contributed by atoms with van der Waals surface area (Å²) < 4.78 is 0. The van der Waals surface area contributed by atoms with E-state index >= 15 is 0 Å². The molecule has 26 heavy (non-hydrogen) atoms. The second-order valence-electron chi connectivity index (χ2n) is 8.26. The second-order valence-corrected chi connectivity index (χ2v) is 8.26. The van der Waals surface area contributed by atoms with E-state index in [9.17, 15) is 5.11 Å². The van der Waals surface area contributed by atoms with Gasteiger partial charge in [-0.25, -0.2) is 0 Å². The lowest BCUT2D eigenvalue weighted by molar-refractivity contribution is 0.0476. The van der Waals surface area contributed by atoms with Crippen molar-refractivity contribution < 1.29 is 5.11 Å². The molecule has 1 saturated carbocycles. The van der Waals surface area contributed by atoms with E-state index in [1.165, 1.54) is 42.1 Å². The highest BCUT2D eigenvalue weighted by Gasteiger charge is 2.34. The Morgan fingerprint density at radius 1 is 1.08 bits per heavy atom. The van der Waals surface area contributed by atoms with E-state index in [2.05, 4.69) is 59.7 Å². The van der Waals surface area contributed by atoms with Gasteiger partial charge in [-0.3, -0.25) is 0 Å². The maximum atomic E-state index is 10.8. The second kappa shape index (κ2) is 8.08. The van der Waals surface area contributed by atoms with Crippen molar-refractivity contribution in [2.45, 2.75) is 50.2 Å². The van der Waals surface area contributed by atoms with Crippen LogP contribution >= 0.6 is 0 Å². The van der Waals surface area contributed by atoms with Crippen LogP contribution in [0.4, 0.5) is 0 Å². The minimum atomic E-state index is -0.150. The van der Waals surface area contributed by atoms with Gasteiger partial charge < -0.3 is 15.3 Å². The first-order valence-electron chi connectivity index (χ1n) is 10.3. The zero-order chi connectivity index (χ0) is 17.9. The molecule has 2 aromatic rings. The Hall–Kier alpha value is -1.42. The quantitative estimate of drug-likeness (QED) is 0.860. The molecular weight excluding hydrogens is 320 g/mol. The molecule has 4 unspecified atom stereocenters. The van der Waals surface area contributed by atoms with E-state index in [4.69, 9.17) is 0 Å². The van der Waals surface area contributed by atoms with Crippen molar-refractivity contribution >= 4 is 10.8 Å². The van der Waals surface area contributed by atoms with Crippen LogP contribution in [0.15, 0.2) is 42.5 Å². The van der Waals surface area contributed by atoms with Gasteiger partial charge in [-0.2, -0.15) is 0 Å². The van der Waals surface area contributed by atoms with Gasteiger partial charge in [0.2, 0.25) is 0 Å². The van der Waals surface area contributed by atoms with E-state index in [0.717, 1.165) is 25.9 Å². The summed E-state index contributed by atoms with van der Waals surface area (Å²) in [6.45, 7) is 3.36. The Bertz CT molecular complexity index is 731. The molecule has 0 spiro atoms. The fraction of sp³-hybridized carbons (Fsp3) is 0.565. The number of hydrogen-bond donors (Lipinski definition) is 2. The zero-order valence-electron chi connectivity index (χ0n) is 15.9.